The van der Waals surface area contributed by atoms with E-state index in [1.807, 2.05) is 6.92 Å². The normalized spacial score (nSPS) is 38.1. The van der Waals surface area contributed by atoms with Crippen molar-refractivity contribution >= 4 is 11.9 Å². The highest BCUT2D eigenvalue weighted by Crippen LogP contribution is 2.58. The summed E-state index contributed by atoms with van der Waals surface area (Å²) in [4.78, 5) is 24.1. The lowest BCUT2D eigenvalue weighted by atomic mass is 9.59. The van der Waals surface area contributed by atoms with Crippen LogP contribution in [0.5, 0.6) is 0 Å². The van der Waals surface area contributed by atoms with E-state index in [-0.39, 0.29) is 42.0 Å². The summed E-state index contributed by atoms with van der Waals surface area (Å²) in [5.74, 6) is -0.920. The zero-order valence-electron chi connectivity index (χ0n) is 17.3. The average Bonchev–Trinajstić information content (AvgIpc) is 3.27. The topological polar surface area (TPSA) is 95.2 Å². The molecular formula is C22H30O7. The lowest BCUT2D eigenvalue weighted by molar-refractivity contribution is -0.245. The maximum absolute atomic E-state index is 12.5. The lowest BCUT2D eigenvalue weighted by Gasteiger charge is -2.55. The van der Waals surface area contributed by atoms with Gasteiger partial charge in [-0.1, -0.05) is 6.92 Å². The first-order chi connectivity index (χ1) is 13.8. The zero-order chi connectivity index (χ0) is 20.8. The summed E-state index contributed by atoms with van der Waals surface area (Å²) in [6.07, 6.45) is 5.79. The van der Waals surface area contributed by atoms with Crippen LogP contribution < -0.4 is 0 Å². The maximum atomic E-state index is 12.5. The Labute approximate surface area is 170 Å². The Morgan fingerprint density at radius 3 is 2.79 bits per heavy atom. The molecule has 7 atom stereocenters. The van der Waals surface area contributed by atoms with Gasteiger partial charge in [0, 0.05) is 36.8 Å². The second kappa shape index (κ2) is 7.43. The summed E-state index contributed by atoms with van der Waals surface area (Å²) in [6.45, 7) is 5.33. The van der Waals surface area contributed by atoms with E-state index in [9.17, 15) is 14.7 Å². The third-order valence-corrected chi connectivity index (χ3v) is 7.45. The molecule has 0 radical (unpaired) electrons. The standard InChI is InChI=1S/C22H30O7/c1-13(24)27-17(14-7-8-26-12-14)9-15(11-23)21(2)10-19-22(3)16(20(25)28-19)5-4-6-18(22)29-21/h7-8,12,15-19,23H,4-6,9-11H2,1-3H3/t15-,16+,17-,18-,19-,21-,22+/m1/s1. The number of hydrogen-bond donors (Lipinski definition) is 1. The van der Waals surface area contributed by atoms with Crippen molar-refractivity contribution in [2.75, 3.05) is 6.61 Å². The van der Waals surface area contributed by atoms with E-state index in [0.717, 1.165) is 24.8 Å². The zero-order valence-corrected chi connectivity index (χ0v) is 17.3. The number of aliphatic hydroxyl groups is 1. The number of rotatable bonds is 6. The molecule has 1 aromatic heterocycles. The van der Waals surface area contributed by atoms with Crippen LogP contribution in [0.25, 0.3) is 0 Å². The summed E-state index contributed by atoms with van der Waals surface area (Å²) in [7, 11) is 0. The first-order valence-corrected chi connectivity index (χ1v) is 10.5. The van der Waals surface area contributed by atoms with Crippen LogP contribution in [0.2, 0.25) is 0 Å². The first-order valence-electron chi connectivity index (χ1n) is 10.5. The van der Waals surface area contributed by atoms with E-state index in [1.54, 1.807) is 12.3 Å². The van der Waals surface area contributed by atoms with Crippen molar-refractivity contribution in [3.63, 3.8) is 0 Å². The van der Waals surface area contributed by atoms with Gasteiger partial charge in [-0.3, -0.25) is 9.59 Å². The Bertz CT molecular complexity index is 759. The largest absolute Gasteiger partial charge is 0.472 e. The SMILES string of the molecule is CC(=O)O[C@H](C[C@H](CO)[C@@]1(C)C[C@H]2OC(=O)[C@@H]3CCC[C@@H](O1)[C@@]23C)c1ccoc1. The quantitative estimate of drug-likeness (QED) is 0.725. The van der Waals surface area contributed by atoms with Crippen molar-refractivity contribution in [2.24, 2.45) is 17.3 Å². The van der Waals surface area contributed by atoms with Crippen LogP contribution in [0.15, 0.2) is 23.0 Å². The molecule has 3 aliphatic rings. The summed E-state index contributed by atoms with van der Waals surface area (Å²) in [5.41, 5.74) is -0.264. The number of carbonyl (C=O) groups is 2. The molecule has 0 amide bonds. The third-order valence-electron chi connectivity index (χ3n) is 7.45. The molecule has 0 bridgehead atoms. The minimum Gasteiger partial charge on any atom is -0.472 e. The Balaban J connectivity index is 1.58. The van der Waals surface area contributed by atoms with Gasteiger partial charge in [0.05, 0.1) is 30.1 Å². The van der Waals surface area contributed by atoms with Crippen molar-refractivity contribution in [1.82, 2.24) is 0 Å². The van der Waals surface area contributed by atoms with Crippen LogP contribution in [0, 0.1) is 17.3 Å². The molecule has 3 heterocycles. The van der Waals surface area contributed by atoms with Gasteiger partial charge < -0.3 is 23.7 Å². The first kappa shape index (κ1) is 20.4. The smallest absolute Gasteiger partial charge is 0.310 e. The van der Waals surface area contributed by atoms with E-state index in [1.165, 1.54) is 13.2 Å². The summed E-state index contributed by atoms with van der Waals surface area (Å²) < 4.78 is 23.1. The molecule has 29 heavy (non-hydrogen) atoms. The molecule has 3 fully saturated rings. The molecule has 0 aromatic carbocycles. The molecule has 2 aliphatic heterocycles. The fourth-order valence-electron chi connectivity index (χ4n) is 5.64. The van der Waals surface area contributed by atoms with Crippen molar-refractivity contribution in [3.8, 4) is 0 Å². The molecule has 1 saturated carbocycles. The van der Waals surface area contributed by atoms with E-state index in [0.29, 0.717) is 12.8 Å². The number of aliphatic hydroxyl groups excluding tert-OH is 1. The Morgan fingerprint density at radius 1 is 1.34 bits per heavy atom. The monoisotopic (exact) mass is 406 g/mol. The molecule has 7 nitrogen and oxygen atoms in total. The minimum absolute atomic E-state index is 0.0911. The highest BCUT2D eigenvalue weighted by molar-refractivity contribution is 5.76. The van der Waals surface area contributed by atoms with Crippen molar-refractivity contribution < 1.29 is 33.3 Å². The van der Waals surface area contributed by atoms with Crippen LogP contribution in [-0.4, -0.2) is 41.5 Å². The van der Waals surface area contributed by atoms with Gasteiger partial charge in [-0.15, -0.1) is 0 Å². The Morgan fingerprint density at radius 2 is 2.14 bits per heavy atom. The molecular weight excluding hydrogens is 376 g/mol. The number of hydrogen-bond acceptors (Lipinski definition) is 7. The van der Waals surface area contributed by atoms with Crippen molar-refractivity contribution in [3.05, 3.63) is 24.2 Å². The van der Waals surface area contributed by atoms with E-state index >= 15 is 0 Å². The van der Waals surface area contributed by atoms with Crippen LogP contribution in [0.3, 0.4) is 0 Å². The predicted octanol–water partition coefficient (Wildman–Crippen LogP) is 3.16. The minimum atomic E-state index is -0.696. The van der Waals surface area contributed by atoms with Gasteiger partial charge in [0.25, 0.3) is 0 Å². The van der Waals surface area contributed by atoms with Gasteiger partial charge in [-0.25, -0.2) is 0 Å². The number of esters is 2. The van der Waals surface area contributed by atoms with E-state index in [2.05, 4.69) is 6.92 Å². The van der Waals surface area contributed by atoms with Gasteiger partial charge in [0.15, 0.2) is 0 Å². The molecule has 2 saturated heterocycles. The van der Waals surface area contributed by atoms with Crippen LogP contribution in [0.4, 0.5) is 0 Å². The number of furan rings is 1. The van der Waals surface area contributed by atoms with Crippen LogP contribution in [-0.2, 0) is 23.8 Å². The third kappa shape index (κ3) is 3.38. The Hall–Kier alpha value is -1.86. The molecule has 7 heteroatoms. The maximum Gasteiger partial charge on any atom is 0.310 e. The van der Waals surface area contributed by atoms with Crippen molar-refractivity contribution in [2.45, 2.75) is 76.8 Å². The van der Waals surface area contributed by atoms with E-state index < -0.39 is 17.7 Å². The van der Waals surface area contributed by atoms with Gasteiger partial charge in [-0.05, 0) is 38.7 Å². The van der Waals surface area contributed by atoms with Gasteiger partial charge in [0.2, 0.25) is 0 Å². The van der Waals surface area contributed by atoms with E-state index in [4.69, 9.17) is 18.6 Å². The van der Waals surface area contributed by atoms with Gasteiger partial charge >= 0.3 is 11.9 Å². The fourth-order valence-corrected chi connectivity index (χ4v) is 5.64. The average molecular weight is 406 g/mol. The molecule has 1 aliphatic carbocycles. The summed E-state index contributed by atoms with van der Waals surface area (Å²) in [5, 5.41) is 10.3. The molecule has 0 spiro atoms. The van der Waals surface area contributed by atoms with Crippen molar-refractivity contribution in [1.29, 1.82) is 0 Å². The summed E-state index contributed by atoms with van der Waals surface area (Å²) in [6, 6.07) is 1.76. The van der Waals surface area contributed by atoms with Gasteiger partial charge in [0.1, 0.15) is 12.2 Å². The highest BCUT2D eigenvalue weighted by Gasteiger charge is 2.65. The van der Waals surface area contributed by atoms with Crippen LogP contribution in [0.1, 0.15) is 64.5 Å². The lowest BCUT2D eigenvalue weighted by Crippen LogP contribution is -2.60. The second-order valence-corrected chi connectivity index (χ2v) is 9.17. The molecule has 4 rings (SSSR count). The molecule has 0 unspecified atom stereocenters. The summed E-state index contributed by atoms with van der Waals surface area (Å²) >= 11 is 0. The Kier molecular flexibility index (Phi) is 5.23. The number of ether oxygens (including phenoxy) is 3. The second-order valence-electron chi connectivity index (χ2n) is 9.17. The van der Waals surface area contributed by atoms with Gasteiger partial charge in [-0.2, -0.15) is 0 Å². The number of carbonyl (C=O) groups excluding carboxylic acids is 2. The molecule has 1 N–H and O–H groups in total. The fraction of sp³-hybridized carbons (Fsp3) is 0.727. The van der Waals surface area contributed by atoms with Crippen LogP contribution >= 0.6 is 0 Å². The predicted molar refractivity (Wildman–Crippen MR) is 102 cm³/mol. The molecule has 1 aromatic rings. The highest BCUT2D eigenvalue weighted by atomic mass is 16.6. The molecule has 160 valence electrons.